The third kappa shape index (κ3) is 8.27. The van der Waals surface area contributed by atoms with E-state index in [0.717, 1.165) is 18.4 Å². The Morgan fingerprint density at radius 2 is 1.79 bits per heavy atom. The standard InChI is InChI=1S/C27H34FN3O5S.2ClH/c1-17(27(35)36)31-14-13-29(16-24(31)33)11-9-20-15-30(12-10-23(20)37-18(2)32)25(26(34)19-7-8-19)21-5-3-4-6-22(21)28;;/h3-6,9,17,19,23,25H,7-8,10-16H2,1-2H3,(H,35,36);2*1H. The molecule has 0 radical (unpaired) electrons. The highest BCUT2D eigenvalue weighted by Gasteiger charge is 2.41. The molecule has 3 atom stereocenters. The molecule has 1 aromatic rings. The minimum atomic E-state index is -1.03. The van der Waals surface area contributed by atoms with Crippen molar-refractivity contribution in [3.05, 3.63) is 47.3 Å². The molecule has 12 heteroatoms. The normalized spacial score (nSPS) is 22.9. The summed E-state index contributed by atoms with van der Waals surface area (Å²) in [5.74, 6) is -1.62. The highest BCUT2D eigenvalue weighted by Crippen LogP contribution is 2.40. The molecule has 2 saturated heterocycles. The second kappa shape index (κ2) is 14.6. The summed E-state index contributed by atoms with van der Waals surface area (Å²) in [5.41, 5.74) is 1.39. The predicted molar refractivity (Wildman–Crippen MR) is 153 cm³/mol. The lowest BCUT2D eigenvalue weighted by Gasteiger charge is -2.39. The number of benzene rings is 1. The molecule has 3 unspecified atom stereocenters. The van der Waals surface area contributed by atoms with Crippen LogP contribution in [0.4, 0.5) is 4.39 Å². The lowest BCUT2D eigenvalue weighted by Crippen LogP contribution is -2.55. The molecule has 4 rings (SSSR count). The van der Waals surface area contributed by atoms with Gasteiger partial charge in [-0.1, -0.05) is 36.0 Å². The fourth-order valence-electron chi connectivity index (χ4n) is 5.13. The van der Waals surface area contributed by atoms with E-state index in [1.54, 1.807) is 18.2 Å². The molecule has 1 aliphatic carbocycles. The Labute approximate surface area is 245 Å². The summed E-state index contributed by atoms with van der Waals surface area (Å²) in [6.45, 7) is 5.52. The first-order valence-electron chi connectivity index (χ1n) is 12.8. The third-order valence-electron chi connectivity index (χ3n) is 7.37. The van der Waals surface area contributed by atoms with Gasteiger partial charge in [0.2, 0.25) is 5.91 Å². The summed E-state index contributed by atoms with van der Waals surface area (Å²) in [7, 11) is 0. The average Bonchev–Trinajstić information content (AvgIpc) is 3.70. The van der Waals surface area contributed by atoms with Gasteiger partial charge < -0.3 is 10.0 Å². The zero-order chi connectivity index (χ0) is 26.7. The van der Waals surface area contributed by atoms with Crippen molar-refractivity contribution in [3.8, 4) is 0 Å². The van der Waals surface area contributed by atoms with Crippen molar-refractivity contribution in [1.82, 2.24) is 14.7 Å². The van der Waals surface area contributed by atoms with Crippen LogP contribution in [0.2, 0.25) is 0 Å². The number of thioether (sulfide) groups is 1. The van der Waals surface area contributed by atoms with Crippen LogP contribution in [0.5, 0.6) is 0 Å². The van der Waals surface area contributed by atoms with Crippen molar-refractivity contribution in [2.45, 2.75) is 50.4 Å². The fraction of sp³-hybridized carbons (Fsp3) is 0.556. The molecule has 8 nitrogen and oxygen atoms in total. The molecular formula is C27H36Cl2FN3O5S. The number of carboxylic acid groups (broad SMARTS) is 1. The van der Waals surface area contributed by atoms with E-state index >= 15 is 0 Å². The van der Waals surface area contributed by atoms with E-state index in [0.29, 0.717) is 44.7 Å². The van der Waals surface area contributed by atoms with E-state index in [1.807, 2.05) is 15.9 Å². The topological polar surface area (TPSA) is 98.2 Å². The predicted octanol–water partition coefficient (Wildman–Crippen LogP) is 3.59. The zero-order valence-corrected chi connectivity index (χ0v) is 24.5. The second-order valence-electron chi connectivity index (χ2n) is 10.1. The number of piperidine rings is 1. The maximum absolute atomic E-state index is 14.8. The van der Waals surface area contributed by atoms with Crippen molar-refractivity contribution in [2.24, 2.45) is 5.92 Å². The Kier molecular flexibility index (Phi) is 12.4. The average molecular weight is 605 g/mol. The molecule has 3 aliphatic rings. The maximum Gasteiger partial charge on any atom is 0.326 e. The van der Waals surface area contributed by atoms with Gasteiger partial charge in [0.1, 0.15) is 11.9 Å². The number of aliphatic carboxylic acids is 1. The Morgan fingerprint density at radius 1 is 1.10 bits per heavy atom. The number of carboxylic acids is 1. The number of carbonyl (C=O) groups is 4. The number of likely N-dealkylation sites (tertiary alicyclic amines) is 1. The van der Waals surface area contributed by atoms with Gasteiger partial charge in [0.05, 0.1) is 12.6 Å². The van der Waals surface area contributed by atoms with Gasteiger partial charge in [-0.05, 0) is 37.8 Å². The lowest BCUT2D eigenvalue weighted by molar-refractivity contribution is -0.152. The molecule has 1 N–H and O–H groups in total. The van der Waals surface area contributed by atoms with Crippen LogP contribution in [0.25, 0.3) is 0 Å². The van der Waals surface area contributed by atoms with Gasteiger partial charge in [-0.2, -0.15) is 0 Å². The van der Waals surface area contributed by atoms with Crippen LogP contribution >= 0.6 is 36.6 Å². The van der Waals surface area contributed by atoms with Crippen molar-refractivity contribution >= 4 is 59.4 Å². The number of halogens is 3. The first-order chi connectivity index (χ1) is 17.7. The number of ketones is 1. The van der Waals surface area contributed by atoms with Gasteiger partial charge >= 0.3 is 5.97 Å². The minimum absolute atomic E-state index is 0. The molecule has 2 heterocycles. The number of hydrogen-bond acceptors (Lipinski definition) is 7. The summed E-state index contributed by atoms with van der Waals surface area (Å²) in [5, 5.41) is 9.20. The van der Waals surface area contributed by atoms with E-state index in [1.165, 1.54) is 36.6 Å². The maximum atomic E-state index is 14.8. The lowest BCUT2D eigenvalue weighted by atomic mass is 9.93. The summed E-state index contributed by atoms with van der Waals surface area (Å²) in [6, 6.07) is 4.92. The van der Waals surface area contributed by atoms with Crippen molar-refractivity contribution in [1.29, 1.82) is 0 Å². The van der Waals surface area contributed by atoms with Gasteiger partial charge in [-0.15, -0.1) is 24.8 Å². The highest BCUT2D eigenvalue weighted by atomic mass is 35.5. The molecule has 2 aliphatic heterocycles. The smallest absolute Gasteiger partial charge is 0.326 e. The van der Waals surface area contributed by atoms with Gasteiger partial charge in [-0.3, -0.25) is 24.2 Å². The van der Waals surface area contributed by atoms with Gasteiger partial charge in [0.15, 0.2) is 10.9 Å². The van der Waals surface area contributed by atoms with E-state index < -0.39 is 18.1 Å². The molecular weight excluding hydrogens is 568 g/mol. The minimum Gasteiger partial charge on any atom is -0.480 e. The second-order valence-corrected chi connectivity index (χ2v) is 11.5. The molecule has 0 spiro atoms. The molecule has 0 aromatic heterocycles. The van der Waals surface area contributed by atoms with Crippen molar-refractivity contribution in [3.63, 3.8) is 0 Å². The molecule has 216 valence electrons. The molecule has 1 saturated carbocycles. The molecule has 1 amide bonds. The SMILES string of the molecule is CC(=O)SC1CCN(C(C(=O)C2CC2)c2ccccc2F)CC1=CCN1CCN(C(C)C(=O)O)C(=O)C1.Cl.Cl. The number of Topliss-reactive ketones (excluding diaryl/α,β-unsaturated/α-hetero) is 1. The number of rotatable bonds is 9. The van der Waals surface area contributed by atoms with Gasteiger partial charge in [-0.25, -0.2) is 9.18 Å². The number of piperazine rings is 1. The largest absolute Gasteiger partial charge is 0.480 e. The van der Waals surface area contributed by atoms with Crippen LogP contribution < -0.4 is 0 Å². The van der Waals surface area contributed by atoms with Crippen LogP contribution in [-0.2, 0) is 19.2 Å². The molecule has 0 bridgehead atoms. The summed E-state index contributed by atoms with van der Waals surface area (Å²) in [4.78, 5) is 54.5. The number of carbonyl (C=O) groups excluding carboxylic acids is 3. The van der Waals surface area contributed by atoms with E-state index in [-0.39, 0.29) is 65.1 Å². The molecule has 39 heavy (non-hydrogen) atoms. The monoisotopic (exact) mass is 603 g/mol. The van der Waals surface area contributed by atoms with Crippen LogP contribution in [0.1, 0.15) is 44.7 Å². The number of amides is 1. The third-order valence-corrected chi connectivity index (χ3v) is 8.53. The van der Waals surface area contributed by atoms with Gasteiger partial charge in [0.25, 0.3) is 0 Å². The Bertz CT molecular complexity index is 1100. The van der Waals surface area contributed by atoms with Crippen molar-refractivity contribution < 1.29 is 28.7 Å². The van der Waals surface area contributed by atoms with Crippen molar-refractivity contribution in [2.75, 3.05) is 39.3 Å². The Balaban J connectivity index is 0.00000267. The van der Waals surface area contributed by atoms with E-state index in [2.05, 4.69) is 0 Å². The van der Waals surface area contributed by atoms with Crippen LogP contribution in [-0.4, -0.2) is 93.1 Å². The van der Waals surface area contributed by atoms with Gasteiger partial charge in [0, 0.05) is 56.4 Å². The number of nitrogens with zero attached hydrogens (tertiary/aromatic N) is 3. The van der Waals surface area contributed by atoms with E-state index in [4.69, 9.17) is 0 Å². The highest BCUT2D eigenvalue weighted by molar-refractivity contribution is 8.14. The quantitative estimate of drug-likeness (QED) is 0.428. The summed E-state index contributed by atoms with van der Waals surface area (Å²) in [6.07, 6.45) is 4.35. The first-order valence-corrected chi connectivity index (χ1v) is 13.7. The summed E-state index contributed by atoms with van der Waals surface area (Å²) >= 11 is 1.27. The zero-order valence-electron chi connectivity index (χ0n) is 22.1. The first kappa shape index (κ1) is 33.2. The Morgan fingerprint density at radius 3 is 2.38 bits per heavy atom. The fourth-order valence-corrected chi connectivity index (χ4v) is 6.08. The Hall–Kier alpha value is -1.98. The number of hydrogen-bond donors (Lipinski definition) is 1. The molecule has 3 fully saturated rings. The summed E-state index contributed by atoms with van der Waals surface area (Å²) < 4.78 is 14.8. The van der Waals surface area contributed by atoms with Crippen LogP contribution in [0.3, 0.4) is 0 Å². The van der Waals surface area contributed by atoms with Crippen LogP contribution in [0.15, 0.2) is 35.9 Å². The van der Waals surface area contributed by atoms with E-state index in [9.17, 15) is 28.7 Å². The molecule has 1 aromatic carbocycles. The van der Waals surface area contributed by atoms with Crippen LogP contribution in [0, 0.1) is 11.7 Å².